The van der Waals surface area contributed by atoms with Gasteiger partial charge in [-0.3, -0.25) is 9.79 Å². The van der Waals surface area contributed by atoms with Crippen molar-refractivity contribution in [2.24, 2.45) is 16.1 Å². The maximum atomic E-state index is 12.6. The van der Waals surface area contributed by atoms with Crippen molar-refractivity contribution in [3.63, 3.8) is 0 Å². The van der Waals surface area contributed by atoms with Crippen LogP contribution in [0.2, 0.25) is 0 Å². The van der Waals surface area contributed by atoms with Gasteiger partial charge in [0, 0.05) is 25.7 Å². The lowest BCUT2D eigenvalue weighted by Crippen LogP contribution is -2.45. The van der Waals surface area contributed by atoms with E-state index in [0.717, 1.165) is 6.42 Å². The van der Waals surface area contributed by atoms with Crippen LogP contribution in [-0.4, -0.2) is 50.7 Å². The summed E-state index contributed by atoms with van der Waals surface area (Å²) in [5, 5.41) is 6.50. The molecule has 10 heteroatoms. The molecule has 0 saturated carbocycles. The molecule has 164 valence electrons. The van der Waals surface area contributed by atoms with Gasteiger partial charge < -0.3 is 26.0 Å². The van der Waals surface area contributed by atoms with E-state index in [1.54, 1.807) is 38.1 Å². The first-order valence-corrected chi connectivity index (χ1v) is 9.36. The summed E-state index contributed by atoms with van der Waals surface area (Å²) in [6, 6.07) is 6.86. The Labute approximate surface area is 187 Å². The van der Waals surface area contributed by atoms with E-state index >= 15 is 0 Å². The summed E-state index contributed by atoms with van der Waals surface area (Å²) < 4.78 is 29.9. The van der Waals surface area contributed by atoms with Crippen LogP contribution in [0.4, 0.5) is 14.5 Å². The maximum Gasteiger partial charge on any atom is 0.387 e. The van der Waals surface area contributed by atoms with Gasteiger partial charge in [0.25, 0.3) is 0 Å². The molecule has 0 radical (unpaired) electrons. The van der Waals surface area contributed by atoms with E-state index in [2.05, 4.69) is 20.4 Å². The molecule has 0 bridgehead atoms. The summed E-state index contributed by atoms with van der Waals surface area (Å²) in [6.45, 7) is 4.84. The number of nitrogens with zero attached hydrogens (tertiary/aromatic N) is 2. The zero-order chi connectivity index (χ0) is 20.7. The number of benzene rings is 1. The Bertz CT molecular complexity index is 703. The number of carbonyl (C=O) groups excluding carboxylic acids is 1. The Morgan fingerprint density at radius 3 is 2.72 bits per heavy atom. The monoisotopic (exact) mass is 525 g/mol. The standard InChI is InChI=1S/C19H29F2N5O2.HI/c1-4-23-18(24-12-19(2,3)16(22)27)25-13-9-10-26(11-13)14-7-5-6-8-15(14)28-17(20)21;/h5-8,13,17H,4,9-12H2,1-3H3,(H2,22,27)(H2,23,24,25);1H. The van der Waals surface area contributed by atoms with Crippen LogP contribution < -0.4 is 26.0 Å². The lowest BCUT2D eigenvalue weighted by Gasteiger charge is -2.23. The van der Waals surface area contributed by atoms with Crippen LogP contribution in [0.15, 0.2) is 29.3 Å². The maximum absolute atomic E-state index is 12.6. The van der Waals surface area contributed by atoms with Crippen LogP contribution in [0, 0.1) is 5.41 Å². The van der Waals surface area contributed by atoms with Crippen LogP contribution in [0.3, 0.4) is 0 Å². The van der Waals surface area contributed by atoms with E-state index in [1.165, 1.54) is 0 Å². The minimum Gasteiger partial charge on any atom is -0.433 e. The fourth-order valence-corrected chi connectivity index (χ4v) is 2.88. The third-order valence-electron chi connectivity index (χ3n) is 4.59. The van der Waals surface area contributed by atoms with Crippen LogP contribution in [-0.2, 0) is 4.79 Å². The van der Waals surface area contributed by atoms with Crippen molar-refractivity contribution in [2.45, 2.75) is 39.8 Å². The Morgan fingerprint density at radius 2 is 2.10 bits per heavy atom. The molecular weight excluding hydrogens is 495 g/mol. The Kier molecular flexibility index (Phi) is 9.87. The SMILES string of the molecule is CCNC(=NCC(C)(C)C(N)=O)NC1CCN(c2ccccc2OC(F)F)C1.I. The second-order valence-corrected chi connectivity index (χ2v) is 7.37. The first-order chi connectivity index (χ1) is 13.2. The van der Waals surface area contributed by atoms with E-state index in [-0.39, 0.29) is 42.3 Å². The predicted octanol–water partition coefficient (Wildman–Crippen LogP) is 2.55. The Balaban J connectivity index is 0.00000420. The van der Waals surface area contributed by atoms with Crippen molar-refractivity contribution in [1.29, 1.82) is 0 Å². The van der Waals surface area contributed by atoms with Crippen LogP contribution >= 0.6 is 24.0 Å². The number of primary amides is 1. The first kappa shape index (κ1) is 25.2. The van der Waals surface area contributed by atoms with Crippen LogP contribution in [0.1, 0.15) is 27.2 Å². The Hall–Kier alpha value is -1.85. The molecule has 1 aromatic carbocycles. The van der Waals surface area contributed by atoms with E-state index in [0.29, 0.717) is 31.3 Å². The van der Waals surface area contributed by atoms with Gasteiger partial charge >= 0.3 is 6.61 Å². The number of nitrogens with one attached hydrogen (secondary N) is 2. The number of rotatable bonds is 8. The average molecular weight is 525 g/mol. The number of carbonyl (C=O) groups is 1. The van der Waals surface area contributed by atoms with Crippen LogP contribution in [0.5, 0.6) is 5.75 Å². The number of hydrogen-bond acceptors (Lipinski definition) is 4. The van der Waals surface area contributed by atoms with Crippen molar-refractivity contribution in [3.8, 4) is 5.75 Å². The number of ether oxygens (including phenoxy) is 1. The molecule has 1 heterocycles. The number of nitrogens with two attached hydrogens (primary N) is 1. The minimum atomic E-state index is -2.86. The van der Waals surface area contributed by atoms with Crippen molar-refractivity contribution >= 4 is 41.5 Å². The normalized spacial score (nSPS) is 17.1. The highest BCUT2D eigenvalue weighted by molar-refractivity contribution is 14.0. The van der Waals surface area contributed by atoms with Crippen LogP contribution in [0.25, 0.3) is 0 Å². The zero-order valence-electron chi connectivity index (χ0n) is 17.0. The lowest BCUT2D eigenvalue weighted by atomic mass is 9.93. The highest BCUT2D eigenvalue weighted by Crippen LogP contribution is 2.31. The average Bonchev–Trinajstić information content (AvgIpc) is 3.08. The summed E-state index contributed by atoms with van der Waals surface area (Å²) in [7, 11) is 0. The highest BCUT2D eigenvalue weighted by Gasteiger charge is 2.27. The van der Waals surface area contributed by atoms with Gasteiger partial charge in [0.2, 0.25) is 5.91 Å². The van der Waals surface area contributed by atoms with Gasteiger partial charge in [-0.1, -0.05) is 12.1 Å². The second kappa shape index (κ2) is 11.4. The topological polar surface area (TPSA) is 92.0 Å². The van der Waals surface area contributed by atoms with E-state index in [1.807, 2.05) is 11.8 Å². The van der Waals surface area contributed by atoms with Crippen molar-refractivity contribution < 1.29 is 18.3 Å². The molecule has 1 amide bonds. The molecule has 0 aromatic heterocycles. The molecule has 4 N–H and O–H groups in total. The summed E-state index contributed by atoms with van der Waals surface area (Å²) in [6.07, 6.45) is 0.812. The van der Waals surface area contributed by atoms with E-state index in [9.17, 15) is 13.6 Å². The molecule has 1 atom stereocenters. The largest absolute Gasteiger partial charge is 0.433 e. The number of aliphatic imine (C=N–C) groups is 1. The zero-order valence-corrected chi connectivity index (χ0v) is 19.3. The summed E-state index contributed by atoms with van der Waals surface area (Å²) >= 11 is 0. The number of halogens is 3. The molecule has 0 aliphatic carbocycles. The molecule has 2 rings (SSSR count). The third-order valence-corrected chi connectivity index (χ3v) is 4.59. The molecular formula is C19H30F2IN5O2. The summed E-state index contributed by atoms with van der Waals surface area (Å²) in [5.41, 5.74) is 5.31. The molecule has 1 fully saturated rings. The molecule has 0 spiro atoms. The summed E-state index contributed by atoms with van der Waals surface area (Å²) in [5.74, 6) is 0.359. The van der Waals surface area contributed by atoms with Crippen molar-refractivity contribution in [2.75, 3.05) is 31.1 Å². The molecule has 1 saturated heterocycles. The fourth-order valence-electron chi connectivity index (χ4n) is 2.88. The van der Waals surface area contributed by atoms with Gasteiger partial charge in [-0.05, 0) is 39.3 Å². The molecule has 1 aliphatic rings. The number of hydrogen-bond donors (Lipinski definition) is 3. The van der Waals surface area contributed by atoms with Gasteiger partial charge in [-0.25, -0.2) is 0 Å². The van der Waals surface area contributed by atoms with Crippen molar-refractivity contribution in [3.05, 3.63) is 24.3 Å². The van der Waals surface area contributed by atoms with Gasteiger partial charge in [0.1, 0.15) is 5.75 Å². The van der Waals surface area contributed by atoms with Gasteiger partial charge in [0.05, 0.1) is 17.6 Å². The van der Waals surface area contributed by atoms with Gasteiger partial charge in [-0.15, -0.1) is 24.0 Å². The molecule has 1 unspecified atom stereocenters. The number of anilines is 1. The smallest absolute Gasteiger partial charge is 0.387 e. The van der Waals surface area contributed by atoms with Crippen molar-refractivity contribution in [1.82, 2.24) is 10.6 Å². The second-order valence-electron chi connectivity index (χ2n) is 7.37. The third kappa shape index (κ3) is 7.48. The molecule has 7 nitrogen and oxygen atoms in total. The molecule has 1 aromatic rings. The first-order valence-electron chi connectivity index (χ1n) is 9.36. The molecule has 29 heavy (non-hydrogen) atoms. The number of guanidine groups is 1. The molecule has 1 aliphatic heterocycles. The Morgan fingerprint density at radius 1 is 1.41 bits per heavy atom. The number of para-hydroxylation sites is 2. The number of amides is 1. The number of alkyl halides is 2. The highest BCUT2D eigenvalue weighted by atomic mass is 127. The minimum absolute atomic E-state index is 0. The van der Waals surface area contributed by atoms with E-state index < -0.39 is 17.9 Å². The van der Waals surface area contributed by atoms with Gasteiger partial charge in [0.15, 0.2) is 5.96 Å². The van der Waals surface area contributed by atoms with E-state index in [4.69, 9.17) is 5.73 Å². The fraction of sp³-hybridized carbons (Fsp3) is 0.579. The van der Waals surface area contributed by atoms with Gasteiger partial charge in [-0.2, -0.15) is 8.78 Å². The lowest BCUT2D eigenvalue weighted by molar-refractivity contribution is -0.125. The summed E-state index contributed by atoms with van der Waals surface area (Å²) in [4.78, 5) is 18.0. The predicted molar refractivity (Wildman–Crippen MR) is 121 cm³/mol. The quantitative estimate of drug-likeness (QED) is 0.276.